The average Bonchev–Trinajstić information content (AvgIpc) is 3.32. The van der Waals surface area contributed by atoms with Crippen LogP contribution in [-0.4, -0.2) is 50.7 Å². The number of fused-ring (bicyclic) bond motifs is 1. The summed E-state index contributed by atoms with van der Waals surface area (Å²) in [6.45, 7) is 9.98. The predicted octanol–water partition coefficient (Wildman–Crippen LogP) is 4.07. The monoisotopic (exact) mass is 436 g/mol. The van der Waals surface area contributed by atoms with E-state index < -0.39 is 0 Å². The summed E-state index contributed by atoms with van der Waals surface area (Å²) in [6.07, 6.45) is 7.52. The van der Waals surface area contributed by atoms with Crippen LogP contribution in [0, 0.1) is 6.92 Å². The molecule has 0 saturated heterocycles. The van der Waals surface area contributed by atoms with E-state index >= 15 is 0 Å². The van der Waals surface area contributed by atoms with Crippen LogP contribution < -0.4 is 15.7 Å². The molecular formula is C24H32N6O2. The minimum Gasteiger partial charge on any atom is -0.492 e. The molecule has 2 aromatic heterocycles. The van der Waals surface area contributed by atoms with Crippen molar-refractivity contribution < 1.29 is 4.74 Å². The Kier molecular flexibility index (Phi) is 6.99. The van der Waals surface area contributed by atoms with Gasteiger partial charge in [-0.2, -0.15) is 4.98 Å². The van der Waals surface area contributed by atoms with Gasteiger partial charge in [-0.3, -0.25) is 4.57 Å². The number of aromatic nitrogens is 4. The molecule has 0 atom stereocenters. The quantitative estimate of drug-likeness (QED) is 0.541. The minimum absolute atomic E-state index is 0.163. The van der Waals surface area contributed by atoms with Gasteiger partial charge in [0.1, 0.15) is 12.4 Å². The zero-order valence-electron chi connectivity index (χ0n) is 19.2. The Morgan fingerprint density at radius 3 is 2.62 bits per heavy atom. The third-order valence-corrected chi connectivity index (χ3v) is 6.22. The Bertz CT molecular complexity index is 1120. The standard InChI is InChI=1S/C24H32N6O2/c1-4-29(5-2)12-13-32-21-11-10-19(14-17(21)3)27-23-25-15-18-16-26-24(31)30(22(18)28-23)20-8-6-7-9-20/h10-11,14-16,20H,4-9,12-13H2,1-3H3,(H,25,27,28). The summed E-state index contributed by atoms with van der Waals surface area (Å²) in [5.41, 5.74) is 2.32. The molecule has 0 spiro atoms. The van der Waals surface area contributed by atoms with Gasteiger partial charge in [-0.25, -0.2) is 14.8 Å². The fraction of sp³-hybridized carbons (Fsp3) is 0.500. The maximum absolute atomic E-state index is 12.5. The first-order chi connectivity index (χ1) is 15.6. The number of likely N-dealkylation sites (N-methyl/N-ethyl adjacent to an activating group) is 1. The van der Waals surface area contributed by atoms with Gasteiger partial charge in [-0.1, -0.05) is 26.7 Å². The van der Waals surface area contributed by atoms with E-state index in [4.69, 9.17) is 4.74 Å². The molecule has 8 heteroatoms. The van der Waals surface area contributed by atoms with Gasteiger partial charge in [0.15, 0.2) is 5.65 Å². The van der Waals surface area contributed by atoms with E-state index in [1.807, 2.05) is 25.1 Å². The van der Waals surface area contributed by atoms with Crippen LogP contribution in [0.3, 0.4) is 0 Å². The number of ether oxygens (including phenoxy) is 1. The summed E-state index contributed by atoms with van der Waals surface area (Å²) in [7, 11) is 0. The van der Waals surface area contributed by atoms with Crippen LogP contribution in [0.2, 0.25) is 0 Å². The molecule has 0 bridgehead atoms. The second kappa shape index (κ2) is 10.1. The lowest BCUT2D eigenvalue weighted by Crippen LogP contribution is -2.28. The fourth-order valence-corrected chi connectivity index (χ4v) is 4.34. The molecule has 0 radical (unpaired) electrons. The van der Waals surface area contributed by atoms with Crippen LogP contribution >= 0.6 is 0 Å². The van der Waals surface area contributed by atoms with Crippen molar-refractivity contribution in [2.75, 3.05) is 31.6 Å². The van der Waals surface area contributed by atoms with Crippen molar-refractivity contribution in [2.24, 2.45) is 0 Å². The molecule has 3 aromatic rings. The molecular weight excluding hydrogens is 404 g/mol. The summed E-state index contributed by atoms with van der Waals surface area (Å²) in [5.74, 6) is 1.34. The van der Waals surface area contributed by atoms with Gasteiger partial charge >= 0.3 is 5.69 Å². The van der Waals surface area contributed by atoms with Gasteiger partial charge in [-0.15, -0.1) is 0 Å². The van der Waals surface area contributed by atoms with Gasteiger partial charge in [0.05, 0.1) is 5.39 Å². The summed E-state index contributed by atoms with van der Waals surface area (Å²) >= 11 is 0. The van der Waals surface area contributed by atoms with Crippen LogP contribution in [0.5, 0.6) is 5.75 Å². The first kappa shape index (κ1) is 22.2. The molecule has 1 aliphatic rings. The molecule has 1 aliphatic carbocycles. The molecule has 32 heavy (non-hydrogen) atoms. The van der Waals surface area contributed by atoms with Crippen LogP contribution in [0.25, 0.3) is 11.0 Å². The van der Waals surface area contributed by atoms with Crippen LogP contribution in [0.4, 0.5) is 11.6 Å². The van der Waals surface area contributed by atoms with Crippen LogP contribution in [-0.2, 0) is 0 Å². The third-order valence-electron chi connectivity index (χ3n) is 6.22. The van der Waals surface area contributed by atoms with Crippen molar-refractivity contribution in [1.82, 2.24) is 24.4 Å². The van der Waals surface area contributed by atoms with Crippen molar-refractivity contribution >= 4 is 22.7 Å². The maximum atomic E-state index is 12.5. The summed E-state index contributed by atoms with van der Waals surface area (Å²) in [6, 6.07) is 6.12. The molecule has 0 aliphatic heterocycles. The van der Waals surface area contributed by atoms with E-state index in [2.05, 4.69) is 39.0 Å². The van der Waals surface area contributed by atoms with Crippen molar-refractivity contribution in [1.29, 1.82) is 0 Å². The lowest BCUT2D eigenvalue weighted by atomic mass is 10.2. The zero-order chi connectivity index (χ0) is 22.5. The lowest BCUT2D eigenvalue weighted by Gasteiger charge is -2.19. The highest BCUT2D eigenvalue weighted by atomic mass is 16.5. The van der Waals surface area contributed by atoms with Crippen LogP contribution in [0.15, 0.2) is 35.4 Å². The Morgan fingerprint density at radius 2 is 1.91 bits per heavy atom. The van der Waals surface area contributed by atoms with E-state index in [0.29, 0.717) is 18.2 Å². The van der Waals surface area contributed by atoms with Crippen molar-refractivity contribution in [3.05, 3.63) is 46.6 Å². The van der Waals surface area contributed by atoms with Crippen molar-refractivity contribution in [3.8, 4) is 5.75 Å². The SMILES string of the molecule is CCN(CC)CCOc1ccc(Nc2ncc3cnc(=O)n(C4CCCC4)c3n2)cc1C. The minimum atomic E-state index is -0.240. The average molecular weight is 437 g/mol. The first-order valence-corrected chi connectivity index (χ1v) is 11.6. The van der Waals surface area contributed by atoms with E-state index in [0.717, 1.165) is 67.7 Å². The van der Waals surface area contributed by atoms with E-state index in [1.165, 1.54) is 0 Å². The fourth-order valence-electron chi connectivity index (χ4n) is 4.34. The Morgan fingerprint density at radius 1 is 1.16 bits per heavy atom. The number of benzene rings is 1. The van der Waals surface area contributed by atoms with Gasteiger partial charge in [0.25, 0.3) is 0 Å². The maximum Gasteiger partial charge on any atom is 0.349 e. The second-order valence-electron chi connectivity index (χ2n) is 8.30. The van der Waals surface area contributed by atoms with Gasteiger partial charge in [0, 0.05) is 30.7 Å². The largest absolute Gasteiger partial charge is 0.492 e. The Hall–Kier alpha value is -3.00. The topological polar surface area (TPSA) is 85.2 Å². The molecule has 170 valence electrons. The molecule has 8 nitrogen and oxygen atoms in total. The van der Waals surface area contributed by atoms with E-state index in [9.17, 15) is 4.79 Å². The summed E-state index contributed by atoms with van der Waals surface area (Å²) < 4.78 is 7.72. The Balaban J connectivity index is 1.51. The highest BCUT2D eigenvalue weighted by Crippen LogP contribution is 2.30. The number of anilines is 2. The number of rotatable bonds is 9. The molecule has 4 rings (SSSR count). The zero-order valence-corrected chi connectivity index (χ0v) is 19.2. The Labute approximate surface area is 188 Å². The molecule has 1 aromatic carbocycles. The van der Waals surface area contributed by atoms with Crippen molar-refractivity contribution in [2.45, 2.75) is 52.5 Å². The first-order valence-electron chi connectivity index (χ1n) is 11.6. The number of aryl methyl sites for hydroxylation is 1. The lowest BCUT2D eigenvalue weighted by molar-refractivity contribution is 0.222. The molecule has 1 saturated carbocycles. The second-order valence-corrected chi connectivity index (χ2v) is 8.30. The highest BCUT2D eigenvalue weighted by molar-refractivity contribution is 5.75. The summed E-state index contributed by atoms with van der Waals surface area (Å²) in [4.78, 5) is 28.0. The molecule has 1 N–H and O–H groups in total. The van der Waals surface area contributed by atoms with E-state index in [-0.39, 0.29) is 11.7 Å². The highest BCUT2D eigenvalue weighted by Gasteiger charge is 2.21. The molecule has 0 unspecified atom stereocenters. The number of hydrogen-bond donors (Lipinski definition) is 1. The van der Waals surface area contributed by atoms with E-state index in [1.54, 1.807) is 17.0 Å². The van der Waals surface area contributed by atoms with Crippen LogP contribution in [0.1, 0.15) is 51.1 Å². The molecule has 1 fully saturated rings. The third kappa shape index (κ3) is 4.91. The number of hydrogen-bond acceptors (Lipinski definition) is 7. The predicted molar refractivity (Wildman–Crippen MR) is 127 cm³/mol. The van der Waals surface area contributed by atoms with Gasteiger partial charge < -0.3 is 15.0 Å². The molecule has 0 amide bonds. The van der Waals surface area contributed by atoms with Crippen molar-refractivity contribution in [3.63, 3.8) is 0 Å². The number of nitrogens with one attached hydrogen (secondary N) is 1. The van der Waals surface area contributed by atoms with Gasteiger partial charge in [-0.05, 0) is 56.6 Å². The smallest absolute Gasteiger partial charge is 0.349 e. The number of nitrogens with zero attached hydrogens (tertiary/aromatic N) is 5. The normalized spacial score (nSPS) is 14.4. The van der Waals surface area contributed by atoms with Gasteiger partial charge in [0.2, 0.25) is 5.95 Å². The molecule has 2 heterocycles. The summed E-state index contributed by atoms with van der Waals surface area (Å²) in [5, 5.41) is 4.05.